The van der Waals surface area contributed by atoms with Crippen molar-refractivity contribution in [3.05, 3.63) is 12.2 Å². The quantitative estimate of drug-likeness (QED) is 0.121. The summed E-state index contributed by atoms with van der Waals surface area (Å²) in [5, 5.41) is 6.02. The Morgan fingerprint density at radius 2 is 1.46 bits per heavy atom. The van der Waals surface area contributed by atoms with E-state index in [0.717, 1.165) is 32.1 Å². The molecule has 226 valence electrons. The van der Waals surface area contributed by atoms with Crippen LogP contribution in [-0.2, 0) is 23.9 Å². The van der Waals surface area contributed by atoms with Gasteiger partial charge in [0.15, 0.2) is 11.6 Å². The average molecular weight is 552 g/mol. The van der Waals surface area contributed by atoms with Crippen LogP contribution in [0.4, 0.5) is 0 Å². The standard InChI is InChI=1S/C31H57N3O5/c1-11-12-17-23(6)30(39-24(7)35)29(34(9)10)27(37)19-16-14-13-15-18-26(36)28(22(4)5)33-31(38)25(32-8)20-21(2)3/h11-12,21-23,25,28-30,32H,13-20H2,1-10H3,(H,33,38). The fourth-order valence-corrected chi connectivity index (χ4v) is 4.89. The van der Waals surface area contributed by atoms with E-state index in [9.17, 15) is 19.2 Å². The van der Waals surface area contributed by atoms with Gasteiger partial charge in [0, 0.05) is 19.8 Å². The number of carbonyl (C=O) groups is 4. The van der Waals surface area contributed by atoms with Crippen LogP contribution in [0, 0.1) is 17.8 Å². The van der Waals surface area contributed by atoms with E-state index >= 15 is 0 Å². The molecule has 0 radical (unpaired) electrons. The van der Waals surface area contributed by atoms with Crippen LogP contribution >= 0.6 is 0 Å². The maximum Gasteiger partial charge on any atom is 0.302 e. The summed E-state index contributed by atoms with van der Waals surface area (Å²) < 4.78 is 5.63. The van der Waals surface area contributed by atoms with E-state index in [2.05, 4.69) is 24.5 Å². The first-order valence-corrected chi connectivity index (χ1v) is 14.7. The number of amides is 1. The van der Waals surface area contributed by atoms with Crippen LogP contribution < -0.4 is 10.6 Å². The van der Waals surface area contributed by atoms with Gasteiger partial charge in [-0.05, 0) is 71.5 Å². The third-order valence-electron chi connectivity index (χ3n) is 7.08. The maximum atomic E-state index is 13.2. The molecule has 0 aliphatic carbocycles. The average Bonchev–Trinajstić information content (AvgIpc) is 2.84. The van der Waals surface area contributed by atoms with Crippen molar-refractivity contribution in [3.8, 4) is 0 Å². The number of ketones is 2. The van der Waals surface area contributed by atoms with Gasteiger partial charge in [-0.2, -0.15) is 0 Å². The SMILES string of the molecule is CC=CCC(C)C(OC(C)=O)C(C(=O)CCCCCCC(=O)C(NC(=O)C(CC(C)C)NC)C(C)C)N(C)C. The molecule has 0 saturated carbocycles. The van der Waals surface area contributed by atoms with Crippen molar-refractivity contribution in [1.82, 2.24) is 15.5 Å². The molecule has 1 amide bonds. The number of esters is 1. The molecule has 8 nitrogen and oxygen atoms in total. The smallest absolute Gasteiger partial charge is 0.302 e. The van der Waals surface area contributed by atoms with Gasteiger partial charge >= 0.3 is 5.97 Å². The fraction of sp³-hybridized carbons (Fsp3) is 0.806. The van der Waals surface area contributed by atoms with Crippen LogP contribution in [0.25, 0.3) is 0 Å². The minimum Gasteiger partial charge on any atom is -0.460 e. The summed E-state index contributed by atoms with van der Waals surface area (Å²) in [6.45, 7) is 13.4. The minimum atomic E-state index is -0.509. The number of carbonyl (C=O) groups excluding carboxylic acids is 4. The molecule has 5 atom stereocenters. The highest BCUT2D eigenvalue weighted by Gasteiger charge is 2.35. The first kappa shape index (κ1) is 36.9. The van der Waals surface area contributed by atoms with Gasteiger partial charge in [0.25, 0.3) is 0 Å². The zero-order valence-corrected chi connectivity index (χ0v) is 26.3. The second-order valence-electron chi connectivity index (χ2n) is 11.8. The largest absolute Gasteiger partial charge is 0.460 e. The monoisotopic (exact) mass is 551 g/mol. The Balaban J connectivity index is 4.85. The van der Waals surface area contributed by atoms with Crippen molar-refractivity contribution >= 4 is 23.4 Å². The first-order chi connectivity index (χ1) is 18.3. The normalized spacial score (nSPS) is 15.8. The van der Waals surface area contributed by atoms with E-state index in [1.54, 1.807) is 7.05 Å². The van der Waals surface area contributed by atoms with Gasteiger partial charge in [-0.25, -0.2) is 0 Å². The summed E-state index contributed by atoms with van der Waals surface area (Å²) in [4.78, 5) is 52.5. The van der Waals surface area contributed by atoms with Crippen LogP contribution in [-0.4, -0.2) is 73.7 Å². The number of likely N-dealkylation sites (N-methyl/N-ethyl adjacent to an activating group) is 2. The molecule has 0 aromatic carbocycles. The van der Waals surface area contributed by atoms with Crippen molar-refractivity contribution < 1.29 is 23.9 Å². The predicted octanol–water partition coefficient (Wildman–Crippen LogP) is 4.70. The highest BCUT2D eigenvalue weighted by Crippen LogP contribution is 2.22. The molecule has 2 N–H and O–H groups in total. The molecule has 0 fully saturated rings. The zero-order chi connectivity index (χ0) is 30.1. The van der Waals surface area contributed by atoms with Crippen LogP contribution in [0.3, 0.4) is 0 Å². The number of allylic oxidation sites excluding steroid dienone is 2. The van der Waals surface area contributed by atoms with Crippen molar-refractivity contribution in [2.45, 2.75) is 124 Å². The lowest BCUT2D eigenvalue weighted by Gasteiger charge is -2.34. The third kappa shape index (κ3) is 14.8. The van der Waals surface area contributed by atoms with Crippen LogP contribution in [0.5, 0.6) is 0 Å². The lowest BCUT2D eigenvalue weighted by atomic mass is 9.89. The molecule has 0 aromatic rings. The number of hydrogen-bond acceptors (Lipinski definition) is 7. The Kier molecular flexibility index (Phi) is 18.9. The fourth-order valence-electron chi connectivity index (χ4n) is 4.89. The van der Waals surface area contributed by atoms with Gasteiger partial charge in [-0.3, -0.25) is 24.1 Å². The molecule has 0 spiro atoms. The summed E-state index contributed by atoms with van der Waals surface area (Å²) >= 11 is 0. The molecule has 39 heavy (non-hydrogen) atoms. The molecule has 0 aromatic heterocycles. The summed E-state index contributed by atoms with van der Waals surface area (Å²) in [5.41, 5.74) is 0. The van der Waals surface area contributed by atoms with E-state index in [1.807, 2.05) is 58.8 Å². The minimum absolute atomic E-state index is 0.00983. The van der Waals surface area contributed by atoms with Crippen LogP contribution in [0.2, 0.25) is 0 Å². The van der Waals surface area contributed by atoms with Gasteiger partial charge < -0.3 is 15.4 Å². The molecule has 0 aliphatic heterocycles. The van der Waals surface area contributed by atoms with Crippen molar-refractivity contribution in [3.63, 3.8) is 0 Å². The van der Waals surface area contributed by atoms with E-state index in [4.69, 9.17) is 4.74 Å². The molecule has 0 rings (SSSR count). The number of nitrogens with zero attached hydrogens (tertiary/aromatic N) is 1. The molecular formula is C31H57N3O5. The van der Waals surface area contributed by atoms with Gasteiger partial charge in [0.05, 0.1) is 12.1 Å². The molecular weight excluding hydrogens is 494 g/mol. The Hall–Kier alpha value is -2.06. The Morgan fingerprint density at radius 1 is 0.897 bits per heavy atom. The van der Waals surface area contributed by atoms with E-state index < -0.39 is 18.2 Å². The molecule has 0 saturated heterocycles. The number of rotatable bonds is 21. The van der Waals surface area contributed by atoms with Crippen molar-refractivity contribution in [2.75, 3.05) is 21.1 Å². The van der Waals surface area contributed by atoms with Gasteiger partial charge in [-0.15, -0.1) is 0 Å². The summed E-state index contributed by atoms with van der Waals surface area (Å²) in [7, 11) is 5.46. The van der Waals surface area contributed by atoms with E-state index in [0.29, 0.717) is 25.2 Å². The number of hydrogen-bond donors (Lipinski definition) is 2. The van der Waals surface area contributed by atoms with Crippen molar-refractivity contribution in [1.29, 1.82) is 0 Å². The van der Waals surface area contributed by atoms with Gasteiger partial charge in [-0.1, -0.05) is 59.6 Å². The Labute approximate surface area is 238 Å². The summed E-state index contributed by atoms with van der Waals surface area (Å²) in [6.07, 6.45) is 8.84. The van der Waals surface area contributed by atoms with Gasteiger partial charge in [0.2, 0.25) is 5.91 Å². The van der Waals surface area contributed by atoms with Crippen molar-refractivity contribution in [2.24, 2.45) is 17.8 Å². The summed E-state index contributed by atoms with van der Waals surface area (Å²) in [6, 6.07) is -1.30. The van der Waals surface area contributed by atoms with Crippen LogP contribution in [0.1, 0.15) is 99.8 Å². The zero-order valence-electron chi connectivity index (χ0n) is 26.3. The maximum absolute atomic E-state index is 13.2. The summed E-state index contributed by atoms with van der Waals surface area (Å²) in [5.74, 6) is 0.0110. The highest BCUT2D eigenvalue weighted by molar-refractivity contribution is 5.91. The first-order valence-electron chi connectivity index (χ1n) is 14.7. The molecule has 0 bridgehead atoms. The Bertz CT molecular complexity index is 778. The van der Waals surface area contributed by atoms with Crippen LogP contribution in [0.15, 0.2) is 12.2 Å². The lowest BCUT2D eigenvalue weighted by Crippen LogP contribution is -2.51. The number of ether oxygens (including phenoxy) is 1. The second kappa shape index (κ2) is 19.9. The lowest BCUT2D eigenvalue weighted by molar-refractivity contribution is -0.155. The molecule has 5 unspecified atom stereocenters. The predicted molar refractivity (Wildman–Crippen MR) is 158 cm³/mol. The number of unbranched alkanes of at least 4 members (excludes halogenated alkanes) is 3. The van der Waals surface area contributed by atoms with E-state index in [1.165, 1.54) is 6.92 Å². The van der Waals surface area contributed by atoms with Gasteiger partial charge in [0.1, 0.15) is 12.1 Å². The molecule has 0 aliphatic rings. The Morgan fingerprint density at radius 3 is 1.90 bits per heavy atom. The topological polar surface area (TPSA) is 105 Å². The molecule has 8 heteroatoms. The number of nitrogens with one attached hydrogen (secondary N) is 2. The van der Waals surface area contributed by atoms with E-state index in [-0.39, 0.29) is 41.3 Å². The molecule has 0 heterocycles. The highest BCUT2D eigenvalue weighted by atomic mass is 16.5. The second-order valence-corrected chi connectivity index (χ2v) is 11.8. The third-order valence-corrected chi connectivity index (χ3v) is 7.08. The number of Topliss-reactive ketones (excluding diaryl/α,β-unsaturated/α-hetero) is 2.